The zero-order valence-electron chi connectivity index (χ0n) is 20.2. The van der Waals surface area contributed by atoms with Gasteiger partial charge in [0.25, 0.3) is 0 Å². The minimum atomic E-state index is -3.57. The molecule has 182 valence electrons. The van der Waals surface area contributed by atoms with Gasteiger partial charge in [-0.3, -0.25) is 4.79 Å². The van der Waals surface area contributed by atoms with Gasteiger partial charge in [-0.1, -0.05) is 19.1 Å². The zero-order chi connectivity index (χ0) is 23.6. The monoisotopic (exact) mass is 467 g/mol. The van der Waals surface area contributed by atoms with E-state index < -0.39 is 15.4 Å². The van der Waals surface area contributed by atoms with Crippen LogP contribution >= 0.6 is 0 Å². The van der Waals surface area contributed by atoms with Gasteiger partial charge in [0.05, 0.1) is 5.25 Å². The van der Waals surface area contributed by atoms with E-state index in [0.717, 1.165) is 70.5 Å². The first-order valence-electron chi connectivity index (χ1n) is 12.0. The van der Waals surface area contributed by atoms with Crippen molar-refractivity contribution >= 4 is 16.0 Å². The van der Waals surface area contributed by atoms with E-state index in [-0.39, 0.29) is 5.91 Å². The van der Waals surface area contributed by atoms with Crippen LogP contribution in [-0.2, 0) is 21.3 Å². The number of rotatable bonds is 13. The first-order valence-corrected chi connectivity index (χ1v) is 13.4. The third kappa shape index (κ3) is 8.71. The Morgan fingerprint density at radius 2 is 1.81 bits per heavy atom. The number of nitrogens with zero attached hydrogens (tertiary/aromatic N) is 2. The molecule has 1 fully saturated rings. The Bertz CT molecular complexity index is 796. The van der Waals surface area contributed by atoms with Gasteiger partial charge in [-0.2, -0.15) is 8.42 Å². The Hall–Kier alpha value is -1.64. The summed E-state index contributed by atoms with van der Waals surface area (Å²) >= 11 is 0. The quantitative estimate of drug-likeness (QED) is 0.355. The zero-order valence-corrected chi connectivity index (χ0v) is 21.0. The van der Waals surface area contributed by atoms with Crippen molar-refractivity contribution in [1.29, 1.82) is 0 Å². The maximum absolute atomic E-state index is 12.1. The molecule has 8 heteroatoms. The molecule has 0 aliphatic carbocycles. The minimum Gasteiger partial charge on any atom is -0.382 e. The summed E-state index contributed by atoms with van der Waals surface area (Å²) in [4.78, 5) is 16.6. The summed E-state index contributed by atoms with van der Waals surface area (Å²) in [7, 11) is -3.57. The summed E-state index contributed by atoms with van der Waals surface area (Å²) in [5.41, 5.74) is 1.16. The summed E-state index contributed by atoms with van der Waals surface area (Å²) in [6, 6.07) is 7.75. The van der Waals surface area contributed by atoms with Crippen LogP contribution in [0.3, 0.4) is 0 Å². The van der Waals surface area contributed by atoms with Crippen LogP contribution in [-0.4, -0.2) is 74.7 Å². The van der Waals surface area contributed by atoms with E-state index in [2.05, 4.69) is 24.1 Å². The van der Waals surface area contributed by atoms with Gasteiger partial charge < -0.3 is 19.3 Å². The van der Waals surface area contributed by atoms with Crippen LogP contribution in [0, 0.1) is 0 Å². The van der Waals surface area contributed by atoms with Crippen LogP contribution in [0.25, 0.3) is 0 Å². The average Bonchev–Trinajstić information content (AvgIpc) is 2.95. The summed E-state index contributed by atoms with van der Waals surface area (Å²) < 4.78 is 29.0. The maximum atomic E-state index is 12.1. The topological polar surface area (TPSA) is 79.0 Å². The van der Waals surface area contributed by atoms with Gasteiger partial charge in [0.1, 0.15) is 5.75 Å². The van der Waals surface area contributed by atoms with E-state index in [9.17, 15) is 13.2 Å². The Morgan fingerprint density at radius 1 is 1.09 bits per heavy atom. The number of benzene rings is 1. The van der Waals surface area contributed by atoms with E-state index in [1.165, 1.54) is 0 Å². The first-order chi connectivity index (χ1) is 15.2. The third-order valence-corrected chi connectivity index (χ3v) is 7.51. The summed E-state index contributed by atoms with van der Waals surface area (Å²) in [6.07, 6.45) is 4.69. The van der Waals surface area contributed by atoms with Crippen LogP contribution in [0.4, 0.5) is 0 Å². The predicted molar refractivity (Wildman–Crippen MR) is 129 cm³/mol. The lowest BCUT2D eigenvalue weighted by Gasteiger charge is -2.29. The van der Waals surface area contributed by atoms with Crippen molar-refractivity contribution in [2.24, 2.45) is 0 Å². The minimum absolute atomic E-state index is 0.266. The highest BCUT2D eigenvalue weighted by atomic mass is 32.2. The standard InChI is InChI=1S/C24H41N3O4S/c1-5-15-26(16-6-7-17-27-18-14-25-13-12-24(27)28)21(4)19-22-8-10-23(11-9-22)31-32(29,30)20(2)3/h8-11,20-21,25H,5-7,12-19H2,1-4H3/t21-/m0/s1. The van der Waals surface area contributed by atoms with Crippen LogP contribution in [0.2, 0.25) is 0 Å². The lowest BCUT2D eigenvalue weighted by Crippen LogP contribution is -2.37. The lowest BCUT2D eigenvalue weighted by atomic mass is 10.0. The van der Waals surface area contributed by atoms with Crippen molar-refractivity contribution < 1.29 is 17.4 Å². The second-order valence-electron chi connectivity index (χ2n) is 8.95. The molecule has 1 atom stereocenters. The molecule has 2 rings (SSSR count). The van der Waals surface area contributed by atoms with Crippen molar-refractivity contribution in [3.63, 3.8) is 0 Å². The number of carbonyl (C=O) groups excluding carboxylic acids is 1. The fourth-order valence-corrected chi connectivity index (χ4v) is 4.46. The van der Waals surface area contributed by atoms with Crippen molar-refractivity contribution in [3.8, 4) is 5.75 Å². The van der Waals surface area contributed by atoms with Crippen molar-refractivity contribution in [3.05, 3.63) is 29.8 Å². The molecule has 1 N–H and O–H groups in total. The fraction of sp³-hybridized carbons (Fsp3) is 0.708. The Labute approximate surface area is 194 Å². The molecule has 7 nitrogen and oxygen atoms in total. The second-order valence-corrected chi connectivity index (χ2v) is 11.0. The van der Waals surface area contributed by atoms with Crippen LogP contribution in [0.15, 0.2) is 24.3 Å². The molecule has 32 heavy (non-hydrogen) atoms. The molecule has 0 unspecified atom stereocenters. The summed E-state index contributed by atoms with van der Waals surface area (Å²) in [5.74, 6) is 0.626. The molecule has 1 aliphatic rings. The van der Waals surface area contributed by atoms with Gasteiger partial charge in [0, 0.05) is 38.6 Å². The normalized spacial score (nSPS) is 16.4. The smallest absolute Gasteiger partial charge is 0.311 e. The van der Waals surface area contributed by atoms with Gasteiger partial charge in [0.15, 0.2) is 0 Å². The second kappa shape index (κ2) is 13.2. The molecule has 0 radical (unpaired) electrons. The maximum Gasteiger partial charge on any atom is 0.311 e. The van der Waals surface area contributed by atoms with E-state index in [0.29, 0.717) is 18.2 Å². The van der Waals surface area contributed by atoms with E-state index in [4.69, 9.17) is 4.18 Å². The predicted octanol–water partition coefficient (Wildman–Crippen LogP) is 3.05. The van der Waals surface area contributed by atoms with Gasteiger partial charge in [0.2, 0.25) is 5.91 Å². The third-order valence-electron chi connectivity index (χ3n) is 5.93. The summed E-state index contributed by atoms with van der Waals surface area (Å²) in [5, 5.41) is 2.71. The Morgan fingerprint density at radius 3 is 2.47 bits per heavy atom. The van der Waals surface area contributed by atoms with Gasteiger partial charge in [-0.25, -0.2) is 0 Å². The van der Waals surface area contributed by atoms with Crippen molar-refractivity contribution in [2.45, 2.75) is 71.1 Å². The van der Waals surface area contributed by atoms with Gasteiger partial charge in [-0.05, 0) is 77.2 Å². The van der Waals surface area contributed by atoms with E-state index in [1.54, 1.807) is 26.0 Å². The molecule has 0 spiro atoms. The first kappa shape index (κ1) is 26.6. The number of unbranched alkanes of at least 4 members (excludes halogenated alkanes) is 1. The lowest BCUT2D eigenvalue weighted by molar-refractivity contribution is -0.130. The molecule has 1 saturated heterocycles. The van der Waals surface area contributed by atoms with Gasteiger partial charge in [-0.15, -0.1) is 0 Å². The van der Waals surface area contributed by atoms with Crippen LogP contribution in [0.1, 0.15) is 58.9 Å². The molecule has 0 saturated carbocycles. The molecule has 1 aliphatic heterocycles. The molecular formula is C24H41N3O4S. The van der Waals surface area contributed by atoms with Gasteiger partial charge >= 0.3 is 10.1 Å². The Balaban J connectivity index is 1.82. The molecule has 0 aromatic heterocycles. The highest BCUT2D eigenvalue weighted by Gasteiger charge is 2.19. The number of hydrogen-bond acceptors (Lipinski definition) is 6. The average molecular weight is 468 g/mol. The molecule has 1 aromatic rings. The fourth-order valence-electron chi connectivity index (χ4n) is 3.89. The molecule has 1 amide bonds. The molecule has 1 heterocycles. The van der Waals surface area contributed by atoms with Crippen molar-refractivity contribution in [2.75, 3.05) is 39.3 Å². The van der Waals surface area contributed by atoms with Crippen LogP contribution in [0.5, 0.6) is 5.75 Å². The number of amides is 1. The highest BCUT2D eigenvalue weighted by Crippen LogP contribution is 2.18. The molecule has 0 bridgehead atoms. The SMILES string of the molecule is CCCN(CCCCN1CCNCCC1=O)[C@@H](C)Cc1ccc(OS(=O)(=O)C(C)C)cc1. The Kier molecular flexibility index (Phi) is 10.9. The van der Waals surface area contributed by atoms with Crippen LogP contribution < -0.4 is 9.50 Å². The largest absolute Gasteiger partial charge is 0.382 e. The van der Waals surface area contributed by atoms with E-state index >= 15 is 0 Å². The number of hydrogen-bond donors (Lipinski definition) is 1. The number of nitrogens with one attached hydrogen (secondary N) is 1. The van der Waals surface area contributed by atoms with E-state index in [1.807, 2.05) is 17.0 Å². The van der Waals surface area contributed by atoms with Crippen molar-refractivity contribution in [1.82, 2.24) is 15.1 Å². The molecule has 1 aromatic carbocycles. The highest BCUT2D eigenvalue weighted by molar-refractivity contribution is 7.87. The summed E-state index contributed by atoms with van der Waals surface area (Å²) in [6.45, 7) is 13.0. The number of carbonyl (C=O) groups is 1. The molecular weight excluding hydrogens is 426 g/mol.